The van der Waals surface area contributed by atoms with Crippen LogP contribution in [0.25, 0.3) is 21.9 Å². The van der Waals surface area contributed by atoms with Crippen molar-refractivity contribution >= 4 is 21.9 Å². The number of hydrogen-bond donors (Lipinski definition) is 0. The molecule has 0 atom stereocenters. The molecule has 0 aliphatic heterocycles. The van der Waals surface area contributed by atoms with Gasteiger partial charge in [0.2, 0.25) is 11.8 Å². The minimum absolute atomic E-state index is 0.228. The Bertz CT molecular complexity index is 1180. The minimum Gasteiger partial charge on any atom is -0.441 e. The zero-order valence-electron chi connectivity index (χ0n) is 15.8. The van der Waals surface area contributed by atoms with Crippen LogP contribution < -0.4 is 11.1 Å². The van der Waals surface area contributed by atoms with Crippen molar-refractivity contribution in [3.63, 3.8) is 0 Å². The molecule has 0 N–H and O–H groups in total. The van der Waals surface area contributed by atoms with Gasteiger partial charge in [-0.3, -0.25) is 9.59 Å². The van der Waals surface area contributed by atoms with Crippen LogP contribution in [0, 0.1) is 0 Å². The summed E-state index contributed by atoms with van der Waals surface area (Å²) in [6.07, 6.45) is 1.86. The van der Waals surface area contributed by atoms with E-state index < -0.39 is 5.41 Å². The number of para-hydroxylation sites is 2. The molecule has 6 heteroatoms. The first-order valence-electron chi connectivity index (χ1n) is 9.40. The van der Waals surface area contributed by atoms with Crippen molar-refractivity contribution < 1.29 is 8.83 Å². The molecular formula is C22H20N2O4. The fourth-order valence-corrected chi connectivity index (χ4v) is 3.64. The predicted octanol–water partition coefficient (Wildman–Crippen LogP) is 4.19. The Kier molecular flexibility index (Phi) is 4.55. The average Bonchev–Trinajstić information content (AvgIpc) is 2.72. The van der Waals surface area contributed by atoms with Gasteiger partial charge in [-0.05, 0) is 37.1 Å². The summed E-state index contributed by atoms with van der Waals surface area (Å²) >= 11 is 0. The molecule has 2 aromatic carbocycles. The number of fused-ring (bicyclic) bond motifs is 2. The summed E-state index contributed by atoms with van der Waals surface area (Å²) < 4.78 is 12.1. The minimum atomic E-state index is -0.902. The highest BCUT2D eigenvalue weighted by molar-refractivity contribution is 5.76. The molecule has 0 spiro atoms. The summed E-state index contributed by atoms with van der Waals surface area (Å²) in [6.45, 7) is 3.96. The third-order valence-electron chi connectivity index (χ3n) is 5.15. The molecule has 0 amide bonds. The standard InChI is InChI=1S/C22H20N2O4/c1-3-13-22(4-2,20-23-18(25)14-9-5-7-11-16(14)27-20)21-24-19(26)15-10-6-8-12-17(15)28-21/h5-12H,3-4,13H2,1-2H3. The van der Waals surface area contributed by atoms with Gasteiger partial charge < -0.3 is 8.83 Å². The second-order valence-electron chi connectivity index (χ2n) is 6.83. The van der Waals surface area contributed by atoms with Crippen LogP contribution in [0.15, 0.2) is 67.0 Å². The van der Waals surface area contributed by atoms with Gasteiger partial charge in [-0.25, -0.2) is 0 Å². The molecule has 142 valence electrons. The summed E-state index contributed by atoms with van der Waals surface area (Å²) in [7, 11) is 0. The fraction of sp³-hybridized carbons (Fsp3) is 0.273. The van der Waals surface area contributed by atoms with E-state index in [9.17, 15) is 9.59 Å². The highest BCUT2D eigenvalue weighted by Crippen LogP contribution is 2.38. The summed E-state index contributed by atoms with van der Waals surface area (Å²) in [5, 5.41) is 0.835. The lowest BCUT2D eigenvalue weighted by molar-refractivity contribution is 0.274. The average molecular weight is 376 g/mol. The van der Waals surface area contributed by atoms with E-state index in [4.69, 9.17) is 8.83 Å². The van der Waals surface area contributed by atoms with Crippen molar-refractivity contribution in [3.05, 3.63) is 81.0 Å². The Balaban J connectivity index is 2.03. The summed E-state index contributed by atoms with van der Waals surface area (Å²) in [5.74, 6) is 0.456. The largest absolute Gasteiger partial charge is 0.441 e. The van der Waals surface area contributed by atoms with Crippen molar-refractivity contribution in [2.75, 3.05) is 0 Å². The molecule has 0 saturated heterocycles. The highest BCUT2D eigenvalue weighted by atomic mass is 16.4. The van der Waals surface area contributed by atoms with E-state index in [1.165, 1.54) is 0 Å². The van der Waals surface area contributed by atoms with Crippen molar-refractivity contribution in [2.24, 2.45) is 0 Å². The van der Waals surface area contributed by atoms with Gasteiger partial charge in [-0.15, -0.1) is 0 Å². The smallest absolute Gasteiger partial charge is 0.283 e. The quantitative estimate of drug-likeness (QED) is 0.519. The van der Waals surface area contributed by atoms with Gasteiger partial charge in [0.15, 0.2) is 0 Å². The molecule has 0 radical (unpaired) electrons. The fourth-order valence-electron chi connectivity index (χ4n) is 3.64. The van der Waals surface area contributed by atoms with Crippen LogP contribution in [0.4, 0.5) is 0 Å². The van der Waals surface area contributed by atoms with Gasteiger partial charge >= 0.3 is 0 Å². The number of hydrogen-bond acceptors (Lipinski definition) is 6. The van der Waals surface area contributed by atoms with Crippen LogP contribution in [0.3, 0.4) is 0 Å². The van der Waals surface area contributed by atoms with Gasteiger partial charge in [0.25, 0.3) is 11.1 Å². The van der Waals surface area contributed by atoms with E-state index in [2.05, 4.69) is 9.97 Å². The molecule has 0 saturated carbocycles. The lowest BCUT2D eigenvalue weighted by atomic mass is 9.80. The lowest BCUT2D eigenvalue weighted by Gasteiger charge is -2.27. The molecule has 0 bridgehead atoms. The maximum atomic E-state index is 12.6. The molecule has 0 fully saturated rings. The first-order valence-corrected chi connectivity index (χ1v) is 9.40. The van der Waals surface area contributed by atoms with Crippen molar-refractivity contribution in [1.29, 1.82) is 0 Å². The summed E-state index contributed by atoms with van der Waals surface area (Å²) in [5.41, 5.74) is -0.729. The van der Waals surface area contributed by atoms with Crippen molar-refractivity contribution in [1.82, 2.24) is 9.97 Å². The predicted molar refractivity (Wildman–Crippen MR) is 107 cm³/mol. The highest BCUT2D eigenvalue weighted by Gasteiger charge is 2.41. The van der Waals surface area contributed by atoms with Gasteiger partial charge in [-0.1, -0.05) is 44.5 Å². The van der Waals surface area contributed by atoms with E-state index in [1.54, 1.807) is 48.5 Å². The first kappa shape index (κ1) is 18.1. The molecule has 0 unspecified atom stereocenters. The van der Waals surface area contributed by atoms with Crippen molar-refractivity contribution in [2.45, 2.75) is 38.5 Å². The number of benzene rings is 2. The van der Waals surface area contributed by atoms with Crippen LogP contribution in [-0.2, 0) is 5.41 Å². The van der Waals surface area contributed by atoms with E-state index in [1.807, 2.05) is 13.8 Å². The molecule has 2 heterocycles. The Morgan fingerprint density at radius 3 is 1.68 bits per heavy atom. The zero-order valence-corrected chi connectivity index (χ0v) is 15.8. The second kappa shape index (κ2) is 7.03. The van der Waals surface area contributed by atoms with Gasteiger partial charge in [0, 0.05) is 0 Å². The summed E-state index contributed by atoms with van der Waals surface area (Å²) in [6, 6.07) is 14.0. The van der Waals surface area contributed by atoms with E-state index in [0.717, 1.165) is 6.42 Å². The van der Waals surface area contributed by atoms with Crippen LogP contribution in [-0.4, -0.2) is 9.97 Å². The maximum Gasteiger partial charge on any atom is 0.283 e. The van der Waals surface area contributed by atoms with Crippen LogP contribution in [0.1, 0.15) is 44.9 Å². The van der Waals surface area contributed by atoms with Crippen LogP contribution >= 0.6 is 0 Å². The van der Waals surface area contributed by atoms with Crippen molar-refractivity contribution in [3.8, 4) is 0 Å². The Hall–Kier alpha value is -3.28. The van der Waals surface area contributed by atoms with Gasteiger partial charge in [0.1, 0.15) is 16.6 Å². The normalized spacial score (nSPS) is 11.9. The Morgan fingerprint density at radius 1 is 0.786 bits per heavy atom. The third-order valence-corrected chi connectivity index (χ3v) is 5.15. The molecule has 28 heavy (non-hydrogen) atoms. The zero-order chi connectivity index (χ0) is 19.7. The molecule has 0 aliphatic carbocycles. The topological polar surface area (TPSA) is 86.2 Å². The van der Waals surface area contributed by atoms with Gasteiger partial charge in [-0.2, -0.15) is 9.97 Å². The van der Waals surface area contributed by atoms with Crippen LogP contribution in [0.5, 0.6) is 0 Å². The molecule has 2 aromatic heterocycles. The van der Waals surface area contributed by atoms with Gasteiger partial charge in [0.05, 0.1) is 10.8 Å². The monoisotopic (exact) mass is 376 g/mol. The molecule has 0 aliphatic rings. The number of aromatic nitrogens is 2. The van der Waals surface area contributed by atoms with E-state index >= 15 is 0 Å². The third kappa shape index (κ3) is 2.81. The molecule has 4 rings (SSSR count). The number of rotatable bonds is 5. The maximum absolute atomic E-state index is 12.6. The molecular weight excluding hydrogens is 356 g/mol. The van der Waals surface area contributed by atoms with E-state index in [-0.39, 0.29) is 22.9 Å². The Morgan fingerprint density at radius 2 is 1.25 bits per heavy atom. The number of nitrogens with zero attached hydrogens (tertiary/aromatic N) is 2. The van der Waals surface area contributed by atoms with E-state index in [0.29, 0.717) is 34.8 Å². The Labute approximate surface area is 160 Å². The first-order chi connectivity index (χ1) is 13.6. The van der Waals surface area contributed by atoms with Crippen LogP contribution in [0.2, 0.25) is 0 Å². The summed E-state index contributed by atoms with van der Waals surface area (Å²) in [4.78, 5) is 33.6. The molecule has 6 nitrogen and oxygen atoms in total. The lowest BCUT2D eigenvalue weighted by Crippen LogP contribution is -2.33. The SMILES string of the molecule is CCCC(CC)(c1nc(=O)c2ccccc2o1)c1nc(=O)c2ccccc2o1. The second-order valence-corrected chi connectivity index (χ2v) is 6.83. The molecule has 4 aromatic rings.